The van der Waals surface area contributed by atoms with Gasteiger partial charge in [0.25, 0.3) is 0 Å². The second kappa shape index (κ2) is 9.27. The number of pyridine rings is 2. The van der Waals surface area contributed by atoms with Crippen molar-refractivity contribution in [1.82, 2.24) is 19.9 Å². The molecule has 178 valence electrons. The first-order chi connectivity index (χ1) is 16.8. The molecule has 5 nitrogen and oxygen atoms in total. The first kappa shape index (κ1) is 23.2. The van der Waals surface area contributed by atoms with E-state index >= 15 is 0 Å². The van der Waals surface area contributed by atoms with E-state index in [2.05, 4.69) is 97.9 Å². The molecule has 0 radical (unpaired) electrons. The Hall–Kier alpha value is -3.51. The van der Waals surface area contributed by atoms with Crippen LogP contribution in [0.3, 0.4) is 0 Å². The van der Waals surface area contributed by atoms with Crippen LogP contribution in [-0.4, -0.2) is 19.6 Å². The summed E-state index contributed by atoms with van der Waals surface area (Å²) >= 11 is 5.92. The van der Waals surface area contributed by atoms with E-state index < -0.39 is 0 Å². The maximum atomic E-state index is 5.92. The molecule has 2 atom stereocenters. The van der Waals surface area contributed by atoms with E-state index in [1.165, 1.54) is 11.1 Å². The quantitative estimate of drug-likeness (QED) is 0.330. The van der Waals surface area contributed by atoms with Crippen molar-refractivity contribution in [2.45, 2.75) is 52.6 Å². The second-order valence-electron chi connectivity index (χ2n) is 9.60. The summed E-state index contributed by atoms with van der Waals surface area (Å²) in [4.78, 5) is 11.6. The average molecular weight is 482 g/mol. The van der Waals surface area contributed by atoms with Gasteiger partial charge in [-0.05, 0) is 92.0 Å². The van der Waals surface area contributed by atoms with Gasteiger partial charge in [0.2, 0.25) is 0 Å². The molecule has 0 unspecified atom stereocenters. The highest BCUT2D eigenvalue weighted by Crippen LogP contribution is 2.43. The van der Waals surface area contributed by atoms with Gasteiger partial charge in [0, 0.05) is 29.5 Å². The van der Waals surface area contributed by atoms with Crippen molar-refractivity contribution in [1.29, 1.82) is 0 Å². The van der Waals surface area contributed by atoms with Crippen LogP contribution in [0.1, 0.15) is 65.6 Å². The predicted molar refractivity (Wildman–Crippen MR) is 146 cm³/mol. The van der Waals surface area contributed by atoms with Crippen LogP contribution < -0.4 is 10.2 Å². The number of thiocarbonyl (C=S) groups is 1. The lowest BCUT2D eigenvalue weighted by Gasteiger charge is -2.28. The Kier molecular flexibility index (Phi) is 6.15. The van der Waals surface area contributed by atoms with Gasteiger partial charge in [-0.25, -0.2) is 4.98 Å². The van der Waals surface area contributed by atoms with E-state index in [0.29, 0.717) is 11.0 Å². The van der Waals surface area contributed by atoms with Gasteiger partial charge in [-0.2, -0.15) is 0 Å². The van der Waals surface area contributed by atoms with Crippen molar-refractivity contribution in [3.63, 3.8) is 0 Å². The number of nitrogens with one attached hydrogen (secondary N) is 1. The molecular weight excluding hydrogens is 450 g/mol. The first-order valence-corrected chi connectivity index (χ1v) is 12.5. The highest BCUT2D eigenvalue weighted by molar-refractivity contribution is 7.80. The summed E-state index contributed by atoms with van der Waals surface area (Å²) in [6.45, 7) is 10.8. The topological polar surface area (TPSA) is 46.0 Å². The zero-order valence-corrected chi connectivity index (χ0v) is 21.7. The molecule has 1 fully saturated rings. The molecule has 3 aromatic heterocycles. The van der Waals surface area contributed by atoms with E-state index in [9.17, 15) is 0 Å². The van der Waals surface area contributed by atoms with Crippen LogP contribution in [0, 0.1) is 20.8 Å². The number of aromatic nitrogens is 3. The molecule has 6 heteroatoms. The van der Waals surface area contributed by atoms with Crippen LogP contribution in [0.5, 0.6) is 0 Å². The van der Waals surface area contributed by atoms with E-state index in [0.717, 1.165) is 34.2 Å². The fourth-order valence-electron chi connectivity index (χ4n) is 5.00. The Bertz CT molecular complexity index is 1340. The third-order valence-corrected chi connectivity index (χ3v) is 7.16. The van der Waals surface area contributed by atoms with Crippen LogP contribution in [0.15, 0.2) is 73.1 Å². The van der Waals surface area contributed by atoms with Crippen LogP contribution in [0.4, 0.5) is 5.69 Å². The molecule has 4 heterocycles. The summed E-state index contributed by atoms with van der Waals surface area (Å²) in [6.07, 6.45) is 3.76. The molecule has 1 aromatic carbocycles. The van der Waals surface area contributed by atoms with Gasteiger partial charge >= 0.3 is 0 Å². The SMILES string of the molecule is Cc1ccc(-n2c(C)cc([C@H]3[C@H](c4ccccn4)NC(=S)N3c3ccc(C(C)C)cc3)c2C)nc1. The number of benzene rings is 1. The van der Waals surface area contributed by atoms with E-state index in [1.807, 2.05) is 24.5 Å². The molecule has 0 aliphatic carbocycles. The zero-order valence-electron chi connectivity index (χ0n) is 20.9. The Morgan fingerprint density at radius 3 is 2.34 bits per heavy atom. The minimum atomic E-state index is -0.0756. The lowest BCUT2D eigenvalue weighted by atomic mass is 9.96. The maximum Gasteiger partial charge on any atom is 0.174 e. The molecule has 1 aliphatic heterocycles. The predicted octanol–water partition coefficient (Wildman–Crippen LogP) is 6.49. The molecular formula is C29H31N5S. The van der Waals surface area contributed by atoms with Crippen molar-refractivity contribution in [2.24, 2.45) is 0 Å². The summed E-state index contributed by atoms with van der Waals surface area (Å²) in [5, 5.41) is 4.29. The fourth-order valence-corrected chi connectivity index (χ4v) is 5.35. The molecule has 35 heavy (non-hydrogen) atoms. The Balaban J connectivity index is 1.65. The van der Waals surface area contributed by atoms with E-state index in [1.54, 1.807) is 0 Å². The van der Waals surface area contributed by atoms with Gasteiger partial charge in [0.1, 0.15) is 5.82 Å². The van der Waals surface area contributed by atoms with E-state index in [4.69, 9.17) is 22.2 Å². The first-order valence-electron chi connectivity index (χ1n) is 12.1. The minimum Gasteiger partial charge on any atom is -0.351 e. The summed E-state index contributed by atoms with van der Waals surface area (Å²) in [7, 11) is 0. The number of nitrogens with zero attached hydrogens (tertiary/aromatic N) is 4. The minimum absolute atomic E-state index is 0.0484. The van der Waals surface area contributed by atoms with Gasteiger partial charge < -0.3 is 14.8 Å². The van der Waals surface area contributed by atoms with Gasteiger partial charge in [0.05, 0.1) is 17.8 Å². The standard InChI is InChI=1S/C29H31N5S/c1-18(2)22-10-12-23(13-11-22)34-28(27(32-29(34)35)25-8-6-7-15-30-25)24-16-20(4)33(21(24)5)26-14-9-19(3)17-31-26/h6-18,27-28H,1-5H3,(H,32,35)/t27-,28-/m0/s1. The van der Waals surface area contributed by atoms with Crippen molar-refractivity contribution >= 4 is 23.0 Å². The van der Waals surface area contributed by atoms with E-state index in [-0.39, 0.29) is 12.1 Å². The van der Waals surface area contributed by atoms with Crippen molar-refractivity contribution < 1.29 is 0 Å². The molecule has 4 aromatic rings. The van der Waals surface area contributed by atoms with Gasteiger partial charge in [-0.1, -0.05) is 38.1 Å². The highest BCUT2D eigenvalue weighted by atomic mass is 32.1. The van der Waals surface area contributed by atoms with Crippen LogP contribution in [-0.2, 0) is 0 Å². The summed E-state index contributed by atoms with van der Waals surface area (Å²) in [6, 6.07) is 21.1. The molecule has 0 saturated carbocycles. The third kappa shape index (κ3) is 4.23. The summed E-state index contributed by atoms with van der Waals surface area (Å²) in [5.74, 6) is 1.40. The summed E-state index contributed by atoms with van der Waals surface area (Å²) in [5.41, 5.74) is 8.01. The van der Waals surface area contributed by atoms with Crippen molar-refractivity contribution in [2.75, 3.05) is 4.90 Å². The highest BCUT2D eigenvalue weighted by Gasteiger charge is 2.42. The van der Waals surface area contributed by atoms with Crippen molar-refractivity contribution in [3.8, 4) is 5.82 Å². The number of aryl methyl sites for hydroxylation is 2. The van der Waals surface area contributed by atoms with Gasteiger partial charge in [-0.3, -0.25) is 4.98 Å². The summed E-state index contributed by atoms with van der Waals surface area (Å²) < 4.78 is 2.23. The monoisotopic (exact) mass is 481 g/mol. The van der Waals surface area contributed by atoms with Gasteiger partial charge in [0.15, 0.2) is 5.11 Å². The largest absolute Gasteiger partial charge is 0.351 e. The molecule has 1 saturated heterocycles. The molecule has 1 aliphatic rings. The van der Waals surface area contributed by atoms with Crippen LogP contribution in [0.2, 0.25) is 0 Å². The smallest absolute Gasteiger partial charge is 0.174 e. The Morgan fingerprint density at radius 2 is 1.71 bits per heavy atom. The molecule has 0 bridgehead atoms. The van der Waals surface area contributed by atoms with Gasteiger partial charge in [-0.15, -0.1) is 0 Å². The van der Waals surface area contributed by atoms with Crippen LogP contribution >= 0.6 is 12.2 Å². The maximum absolute atomic E-state index is 5.92. The molecule has 1 N–H and O–H groups in total. The number of hydrogen-bond donors (Lipinski definition) is 1. The lowest BCUT2D eigenvalue weighted by molar-refractivity contribution is 0.565. The van der Waals surface area contributed by atoms with Crippen molar-refractivity contribution in [3.05, 3.63) is 107 Å². The second-order valence-corrected chi connectivity index (χ2v) is 9.99. The van der Waals surface area contributed by atoms with Crippen LogP contribution in [0.25, 0.3) is 5.82 Å². The average Bonchev–Trinajstić information content (AvgIpc) is 3.35. The lowest BCUT2D eigenvalue weighted by Crippen LogP contribution is -2.29. The third-order valence-electron chi connectivity index (χ3n) is 6.85. The molecule has 0 amide bonds. The Labute approximate surface area is 212 Å². The normalized spacial score (nSPS) is 17.8. The number of anilines is 1. The molecule has 5 rings (SSSR count). The number of hydrogen-bond acceptors (Lipinski definition) is 3. The number of rotatable bonds is 5. The fraction of sp³-hybridized carbons (Fsp3) is 0.276. The molecule has 0 spiro atoms. The Morgan fingerprint density at radius 1 is 0.943 bits per heavy atom. The zero-order chi connectivity index (χ0) is 24.7.